The topological polar surface area (TPSA) is 37.3 Å². The summed E-state index contributed by atoms with van der Waals surface area (Å²) in [5.41, 5.74) is 1.12. The first kappa shape index (κ1) is 8.27. The van der Waals surface area contributed by atoms with E-state index in [1.54, 1.807) is 11.3 Å². The van der Waals surface area contributed by atoms with Crippen molar-refractivity contribution in [3.05, 3.63) is 22.4 Å². The molecule has 0 fully saturated rings. The second-order valence-electron chi connectivity index (χ2n) is 2.56. The van der Waals surface area contributed by atoms with Gasteiger partial charge in [-0.15, -0.1) is 0 Å². The molecular weight excluding hydrogens is 160 g/mol. The van der Waals surface area contributed by atoms with E-state index in [1.165, 1.54) is 0 Å². The van der Waals surface area contributed by atoms with Gasteiger partial charge < -0.3 is 5.11 Å². The molecule has 0 aliphatic heterocycles. The molecular formula is C8H10O2S. The number of hydrogen-bond donors (Lipinski definition) is 1. The molecule has 0 aliphatic rings. The summed E-state index contributed by atoms with van der Waals surface area (Å²) in [5.74, 6) is -0.595. The molecule has 3 heteroatoms. The first-order valence-corrected chi connectivity index (χ1v) is 4.38. The van der Waals surface area contributed by atoms with Gasteiger partial charge in [-0.25, -0.2) is 0 Å². The van der Waals surface area contributed by atoms with E-state index in [0.717, 1.165) is 5.56 Å². The normalized spacial score (nSPS) is 12.8. The molecule has 60 valence electrons. The highest BCUT2D eigenvalue weighted by Crippen LogP contribution is 2.20. The summed E-state index contributed by atoms with van der Waals surface area (Å²) in [6, 6.07) is 1.97. The van der Waals surface area contributed by atoms with Crippen molar-refractivity contribution in [1.82, 2.24) is 0 Å². The molecule has 0 aliphatic carbocycles. The van der Waals surface area contributed by atoms with Crippen LogP contribution in [0, 0.1) is 0 Å². The highest BCUT2D eigenvalue weighted by atomic mass is 32.1. The van der Waals surface area contributed by atoms with Crippen LogP contribution < -0.4 is 0 Å². The van der Waals surface area contributed by atoms with E-state index in [1.807, 2.05) is 23.8 Å². The Morgan fingerprint density at radius 1 is 1.82 bits per heavy atom. The van der Waals surface area contributed by atoms with E-state index in [0.29, 0.717) is 0 Å². The van der Waals surface area contributed by atoms with Crippen molar-refractivity contribution in [2.75, 3.05) is 0 Å². The number of hydrogen-bond acceptors (Lipinski definition) is 2. The third-order valence-corrected chi connectivity index (χ3v) is 2.29. The van der Waals surface area contributed by atoms with Gasteiger partial charge in [-0.2, -0.15) is 11.3 Å². The predicted octanol–water partition coefficient (Wildman–Crippen LogP) is 2.33. The highest BCUT2D eigenvalue weighted by Gasteiger charge is 2.09. The summed E-state index contributed by atoms with van der Waals surface area (Å²) in [5, 5.41) is 12.4. The first-order valence-electron chi connectivity index (χ1n) is 3.44. The standard InChI is InChI=1S/C8H10O2S/c1-6(4-8(9)10)7-2-3-11-5-7/h2-3,5-6H,4H2,1H3,(H,9,10)/t6-/m0/s1. The Bertz CT molecular complexity index is 228. The summed E-state index contributed by atoms with van der Waals surface area (Å²) < 4.78 is 0. The van der Waals surface area contributed by atoms with E-state index >= 15 is 0 Å². The maximum atomic E-state index is 10.3. The molecule has 0 amide bonds. The van der Waals surface area contributed by atoms with Gasteiger partial charge in [0.15, 0.2) is 0 Å². The van der Waals surface area contributed by atoms with Crippen LogP contribution in [0.15, 0.2) is 16.8 Å². The average Bonchev–Trinajstić information content (AvgIpc) is 2.35. The molecule has 0 spiro atoms. The molecule has 1 aromatic heterocycles. The lowest BCUT2D eigenvalue weighted by molar-refractivity contribution is -0.137. The van der Waals surface area contributed by atoms with Gasteiger partial charge >= 0.3 is 5.97 Å². The fourth-order valence-corrected chi connectivity index (χ4v) is 1.72. The van der Waals surface area contributed by atoms with Gasteiger partial charge in [0.05, 0.1) is 6.42 Å². The van der Waals surface area contributed by atoms with Crippen molar-refractivity contribution in [1.29, 1.82) is 0 Å². The Morgan fingerprint density at radius 3 is 3.00 bits per heavy atom. The van der Waals surface area contributed by atoms with Gasteiger partial charge in [0.2, 0.25) is 0 Å². The lowest BCUT2D eigenvalue weighted by Gasteiger charge is -2.04. The van der Waals surface area contributed by atoms with Crippen molar-refractivity contribution < 1.29 is 9.90 Å². The highest BCUT2D eigenvalue weighted by molar-refractivity contribution is 7.07. The van der Waals surface area contributed by atoms with Crippen LogP contribution in [0.5, 0.6) is 0 Å². The summed E-state index contributed by atoms with van der Waals surface area (Å²) in [4.78, 5) is 10.3. The monoisotopic (exact) mass is 170 g/mol. The number of carboxylic acids is 1. The van der Waals surface area contributed by atoms with Crippen molar-refractivity contribution in [3.63, 3.8) is 0 Å². The minimum absolute atomic E-state index is 0.138. The maximum Gasteiger partial charge on any atom is 0.303 e. The SMILES string of the molecule is C[C@@H](CC(=O)O)c1ccsc1. The number of aliphatic carboxylic acids is 1. The third-order valence-electron chi connectivity index (χ3n) is 1.59. The zero-order chi connectivity index (χ0) is 8.27. The molecule has 1 N–H and O–H groups in total. The smallest absolute Gasteiger partial charge is 0.303 e. The molecule has 0 radical (unpaired) electrons. The van der Waals surface area contributed by atoms with Crippen molar-refractivity contribution in [2.24, 2.45) is 0 Å². The molecule has 2 nitrogen and oxygen atoms in total. The van der Waals surface area contributed by atoms with Gasteiger partial charge in [-0.1, -0.05) is 6.92 Å². The molecule has 11 heavy (non-hydrogen) atoms. The number of carboxylic acid groups (broad SMARTS) is 1. The minimum atomic E-state index is -0.733. The van der Waals surface area contributed by atoms with Crippen LogP contribution in [-0.4, -0.2) is 11.1 Å². The molecule has 0 saturated carbocycles. The molecule has 1 aromatic rings. The maximum absolute atomic E-state index is 10.3. The Balaban J connectivity index is 2.56. The van der Waals surface area contributed by atoms with Crippen LogP contribution >= 0.6 is 11.3 Å². The molecule has 1 atom stereocenters. The van der Waals surface area contributed by atoms with E-state index in [4.69, 9.17) is 5.11 Å². The van der Waals surface area contributed by atoms with Crippen molar-refractivity contribution in [2.45, 2.75) is 19.3 Å². The van der Waals surface area contributed by atoms with Crippen molar-refractivity contribution in [3.8, 4) is 0 Å². The zero-order valence-electron chi connectivity index (χ0n) is 6.28. The van der Waals surface area contributed by atoms with Crippen LogP contribution in [0.1, 0.15) is 24.8 Å². The lowest BCUT2D eigenvalue weighted by Crippen LogP contribution is -2.01. The predicted molar refractivity (Wildman–Crippen MR) is 45.0 cm³/mol. The Labute approximate surface area is 69.5 Å². The van der Waals surface area contributed by atoms with Crippen LogP contribution in [0.3, 0.4) is 0 Å². The number of thiophene rings is 1. The summed E-state index contributed by atoms with van der Waals surface area (Å²) in [6.45, 7) is 1.93. The molecule has 0 bridgehead atoms. The fraction of sp³-hybridized carbons (Fsp3) is 0.375. The van der Waals surface area contributed by atoms with Gasteiger partial charge in [0.25, 0.3) is 0 Å². The Hall–Kier alpha value is -0.830. The molecule has 0 saturated heterocycles. The lowest BCUT2D eigenvalue weighted by atomic mass is 10.0. The summed E-state index contributed by atoms with van der Waals surface area (Å²) in [6.07, 6.45) is 0.219. The second kappa shape index (κ2) is 3.53. The van der Waals surface area contributed by atoms with Gasteiger partial charge in [-0.05, 0) is 28.3 Å². The summed E-state index contributed by atoms with van der Waals surface area (Å²) in [7, 11) is 0. The van der Waals surface area contributed by atoms with Gasteiger partial charge in [0, 0.05) is 0 Å². The average molecular weight is 170 g/mol. The Morgan fingerprint density at radius 2 is 2.55 bits per heavy atom. The zero-order valence-corrected chi connectivity index (χ0v) is 7.10. The van der Waals surface area contributed by atoms with E-state index in [2.05, 4.69) is 0 Å². The number of carbonyl (C=O) groups is 1. The van der Waals surface area contributed by atoms with E-state index < -0.39 is 5.97 Å². The summed E-state index contributed by atoms with van der Waals surface area (Å²) >= 11 is 1.60. The van der Waals surface area contributed by atoms with Crippen molar-refractivity contribution >= 4 is 17.3 Å². The van der Waals surface area contributed by atoms with Gasteiger partial charge in [-0.3, -0.25) is 4.79 Å². The third kappa shape index (κ3) is 2.35. The minimum Gasteiger partial charge on any atom is -0.481 e. The van der Waals surface area contributed by atoms with Crippen LogP contribution in [-0.2, 0) is 4.79 Å². The second-order valence-corrected chi connectivity index (χ2v) is 3.34. The molecule has 0 unspecified atom stereocenters. The van der Waals surface area contributed by atoms with Gasteiger partial charge in [0.1, 0.15) is 0 Å². The van der Waals surface area contributed by atoms with Crippen LogP contribution in [0.2, 0.25) is 0 Å². The molecule has 0 aromatic carbocycles. The fourth-order valence-electron chi connectivity index (χ4n) is 0.935. The van der Waals surface area contributed by atoms with E-state index in [-0.39, 0.29) is 12.3 Å². The van der Waals surface area contributed by atoms with Crippen LogP contribution in [0.4, 0.5) is 0 Å². The largest absolute Gasteiger partial charge is 0.481 e. The first-order chi connectivity index (χ1) is 5.20. The molecule has 1 rings (SSSR count). The quantitative estimate of drug-likeness (QED) is 0.755. The molecule has 1 heterocycles. The number of rotatable bonds is 3. The van der Waals surface area contributed by atoms with Crippen LogP contribution in [0.25, 0.3) is 0 Å². The van der Waals surface area contributed by atoms with E-state index in [9.17, 15) is 4.79 Å². The Kier molecular flexibility index (Phi) is 2.65.